The number of hydrogen-bond donors (Lipinski definition) is 1. The molecule has 3 aromatic rings. The molecule has 1 aliphatic heterocycles. The number of benzene rings is 2. The zero-order valence-electron chi connectivity index (χ0n) is 13.9. The van der Waals surface area contributed by atoms with Gasteiger partial charge in [0.1, 0.15) is 5.69 Å². The van der Waals surface area contributed by atoms with Crippen LogP contribution < -0.4 is 5.73 Å². The highest BCUT2D eigenvalue weighted by molar-refractivity contribution is 5.94. The van der Waals surface area contributed by atoms with Gasteiger partial charge in [0.25, 0.3) is 5.91 Å². The second kappa shape index (κ2) is 6.61. The summed E-state index contributed by atoms with van der Waals surface area (Å²) in [5.74, 6) is 0.457. The molecule has 0 unspecified atom stereocenters. The number of amides is 1. The van der Waals surface area contributed by atoms with E-state index in [2.05, 4.69) is 22.1 Å². The molecular formula is C20H20N4O. The van der Waals surface area contributed by atoms with Crippen LogP contribution in [0.15, 0.2) is 60.8 Å². The summed E-state index contributed by atoms with van der Waals surface area (Å²) in [4.78, 5) is 23.6. The van der Waals surface area contributed by atoms with Crippen LogP contribution in [0.5, 0.6) is 0 Å². The van der Waals surface area contributed by atoms with Crippen molar-refractivity contribution in [2.45, 2.75) is 5.92 Å². The van der Waals surface area contributed by atoms with E-state index in [1.807, 2.05) is 47.4 Å². The molecule has 1 fully saturated rings. The summed E-state index contributed by atoms with van der Waals surface area (Å²) in [7, 11) is 0. The average molecular weight is 332 g/mol. The molecule has 0 spiro atoms. The van der Waals surface area contributed by atoms with E-state index >= 15 is 0 Å². The zero-order valence-corrected chi connectivity index (χ0v) is 13.9. The minimum Gasteiger partial charge on any atom is -0.336 e. The van der Waals surface area contributed by atoms with Crippen molar-refractivity contribution in [1.82, 2.24) is 14.9 Å². The van der Waals surface area contributed by atoms with Crippen LogP contribution in [0, 0.1) is 5.92 Å². The minimum atomic E-state index is -0.0739. The lowest BCUT2D eigenvalue weighted by Crippen LogP contribution is -2.30. The van der Waals surface area contributed by atoms with Gasteiger partial charge in [0.15, 0.2) is 0 Å². The van der Waals surface area contributed by atoms with Gasteiger partial charge in [-0.2, -0.15) is 0 Å². The molecule has 0 aliphatic carbocycles. The third-order valence-electron chi connectivity index (χ3n) is 4.93. The number of likely N-dealkylation sites (tertiary alicyclic amines) is 1. The fourth-order valence-corrected chi connectivity index (χ4v) is 3.58. The van der Waals surface area contributed by atoms with E-state index in [0.29, 0.717) is 25.3 Å². The molecule has 1 amide bonds. The fraction of sp³-hybridized carbons (Fsp3) is 0.250. The first-order valence-corrected chi connectivity index (χ1v) is 8.52. The van der Waals surface area contributed by atoms with Crippen LogP contribution in [0.2, 0.25) is 0 Å². The van der Waals surface area contributed by atoms with Crippen molar-refractivity contribution in [3.63, 3.8) is 0 Å². The van der Waals surface area contributed by atoms with Crippen LogP contribution in [0.1, 0.15) is 22.0 Å². The summed E-state index contributed by atoms with van der Waals surface area (Å²) in [6, 6.07) is 17.9. The van der Waals surface area contributed by atoms with Crippen molar-refractivity contribution < 1.29 is 4.79 Å². The molecule has 0 bridgehead atoms. The Labute approximate surface area is 146 Å². The number of nitrogens with two attached hydrogens (primary N) is 1. The first kappa shape index (κ1) is 15.7. The van der Waals surface area contributed by atoms with Crippen molar-refractivity contribution in [1.29, 1.82) is 0 Å². The Morgan fingerprint density at radius 1 is 1.04 bits per heavy atom. The Bertz CT molecular complexity index is 896. The van der Waals surface area contributed by atoms with E-state index in [-0.39, 0.29) is 17.7 Å². The Morgan fingerprint density at radius 2 is 1.76 bits per heavy atom. The minimum absolute atomic E-state index is 0.0739. The maximum absolute atomic E-state index is 12.9. The third-order valence-corrected chi connectivity index (χ3v) is 4.93. The average Bonchev–Trinajstić information content (AvgIpc) is 3.12. The highest BCUT2D eigenvalue weighted by Crippen LogP contribution is 2.32. The predicted octanol–water partition coefficient (Wildman–Crippen LogP) is 2.44. The van der Waals surface area contributed by atoms with Gasteiger partial charge < -0.3 is 10.6 Å². The van der Waals surface area contributed by atoms with Gasteiger partial charge in [0.05, 0.1) is 17.2 Å². The second-order valence-electron chi connectivity index (χ2n) is 6.47. The zero-order chi connectivity index (χ0) is 17.2. The molecule has 4 rings (SSSR count). The molecule has 25 heavy (non-hydrogen) atoms. The lowest BCUT2D eigenvalue weighted by Gasteiger charge is -2.16. The molecule has 1 saturated heterocycles. The molecule has 2 heterocycles. The largest absolute Gasteiger partial charge is 0.336 e. The summed E-state index contributed by atoms with van der Waals surface area (Å²) in [6.45, 7) is 1.88. The summed E-state index contributed by atoms with van der Waals surface area (Å²) in [6.07, 6.45) is 1.57. The van der Waals surface area contributed by atoms with Crippen molar-refractivity contribution in [2.24, 2.45) is 11.7 Å². The third kappa shape index (κ3) is 2.98. The predicted molar refractivity (Wildman–Crippen MR) is 97.2 cm³/mol. The van der Waals surface area contributed by atoms with Crippen LogP contribution in [-0.2, 0) is 0 Å². The number of fused-ring (bicyclic) bond motifs is 1. The first-order valence-electron chi connectivity index (χ1n) is 8.52. The molecule has 1 aliphatic rings. The lowest BCUT2D eigenvalue weighted by atomic mass is 9.89. The van der Waals surface area contributed by atoms with Gasteiger partial charge in [-0.25, -0.2) is 4.98 Å². The van der Waals surface area contributed by atoms with Crippen molar-refractivity contribution in [2.75, 3.05) is 19.6 Å². The van der Waals surface area contributed by atoms with Crippen LogP contribution in [0.3, 0.4) is 0 Å². The number of para-hydroxylation sites is 2. The Kier molecular flexibility index (Phi) is 4.15. The monoisotopic (exact) mass is 332 g/mol. The maximum atomic E-state index is 12.9. The van der Waals surface area contributed by atoms with Crippen molar-refractivity contribution >= 4 is 16.9 Å². The summed E-state index contributed by atoms with van der Waals surface area (Å²) < 4.78 is 0. The topological polar surface area (TPSA) is 72.1 Å². The second-order valence-corrected chi connectivity index (χ2v) is 6.47. The number of rotatable bonds is 3. The Morgan fingerprint density at radius 3 is 2.52 bits per heavy atom. The van der Waals surface area contributed by atoms with Gasteiger partial charge >= 0.3 is 0 Å². The molecule has 5 heteroatoms. The number of carbonyl (C=O) groups excluding carboxylic acids is 1. The van der Waals surface area contributed by atoms with Gasteiger partial charge in [0, 0.05) is 19.0 Å². The van der Waals surface area contributed by atoms with E-state index in [0.717, 1.165) is 11.0 Å². The molecule has 0 radical (unpaired) electrons. The van der Waals surface area contributed by atoms with Gasteiger partial charge in [-0.1, -0.05) is 42.5 Å². The normalized spacial score (nSPS) is 20.1. The summed E-state index contributed by atoms with van der Waals surface area (Å²) in [5.41, 5.74) is 9.13. The van der Waals surface area contributed by atoms with Crippen molar-refractivity contribution in [3.05, 3.63) is 72.1 Å². The smallest absolute Gasteiger partial charge is 0.274 e. The van der Waals surface area contributed by atoms with E-state index in [4.69, 9.17) is 5.73 Å². The lowest BCUT2D eigenvalue weighted by molar-refractivity contribution is 0.0780. The Balaban J connectivity index is 1.59. The quantitative estimate of drug-likeness (QED) is 0.799. The van der Waals surface area contributed by atoms with Crippen LogP contribution in [-0.4, -0.2) is 40.4 Å². The van der Waals surface area contributed by atoms with E-state index < -0.39 is 0 Å². The van der Waals surface area contributed by atoms with E-state index in [1.54, 1.807) is 6.20 Å². The van der Waals surface area contributed by atoms with Gasteiger partial charge in [-0.3, -0.25) is 9.78 Å². The summed E-state index contributed by atoms with van der Waals surface area (Å²) in [5, 5.41) is 0. The van der Waals surface area contributed by atoms with Gasteiger partial charge in [0.2, 0.25) is 0 Å². The number of aromatic nitrogens is 2. The molecule has 0 saturated carbocycles. The van der Waals surface area contributed by atoms with Crippen LogP contribution in [0.4, 0.5) is 0 Å². The van der Waals surface area contributed by atoms with E-state index in [1.165, 1.54) is 5.56 Å². The first-order chi connectivity index (χ1) is 12.3. The van der Waals surface area contributed by atoms with Crippen LogP contribution in [0.25, 0.3) is 11.0 Å². The molecule has 2 N–H and O–H groups in total. The van der Waals surface area contributed by atoms with Crippen molar-refractivity contribution in [3.8, 4) is 0 Å². The molecule has 5 nitrogen and oxygen atoms in total. The van der Waals surface area contributed by atoms with Crippen LogP contribution >= 0.6 is 0 Å². The van der Waals surface area contributed by atoms with Gasteiger partial charge in [-0.05, 0) is 30.2 Å². The molecule has 1 aromatic heterocycles. The fourth-order valence-electron chi connectivity index (χ4n) is 3.58. The maximum Gasteiger partial charge on any atom is 0.274 e. The molecule has 2 aromatic carbocycles. The highest BCUT2D eigenvalue weighted by Gasteiger charge is 2.36. The van der Waals surface area contributed by atoms with Gasteiger partial charge in [-0.15, -0.1) is 0 Å². The number of carbonyl (C=O) groups is 1. The SMILES string of the molecule is NC[C@@H]1CN(C(=O)c2cnc3ccccc3n2)C[C@H]1c1ccccc1. The Hall–Kier alpha value is -2.79. The highest BCUT2D eigenvalue weighted by atomic mass is 16.2. The molecule has 126 valence electrons. The van der Waals surface area contributed by atoms with E-state index in [9.17, 15) is 4.79 Å². The molecular weight excluding hydrogens is 312 g/mol. The summed E-state index contributed by atoms with van der Waals surface area (Å²) >= 11 is 0. The number of nitrogens with zero attached hydrogens (tertiary/aromatic N) is 3. The number of hydrogen-bond acceptors (Lipinski definition) is 4. The molecule has 2 atom stereocenters. The standard InChI is InChI=1S/C20H20N4O/c21-10-15-12-24(13-16(15)14-6-2-1-3-7-14)20(25)19-11-22-17-8-4-5-9-18(17)23-19/h1-9,11,15-16H,10,12-13,21H2/t15-,16+/m1/s1.